The zero-order valence-electron chi connectivity index (χ0n) is 16.5. The van der Waals surface area contributed by atoms with Gasteiger partial charge in [0.1, 0.15) is 5.52 Å². The maximum atomic E-state index is 11.6. The molecule has 0 amide bonds. The van der Waals surface area contributed by atoms with E-state index in [-0.39, 0.29) is 5.92 Å². The predicted octanol–water partition coefficient (Wildman–Crippen LogP) is 2.25. The molecule has 0 saturated heterocycles. The number of sulfonamides is 1. The molecule has 152 valence electrons. The molecule has 0 bridgehead atoms. The van der Waals surface area contributed by atoms with Gasteiger partial charge in [0, 0.05) is 30.9 Å². The lowest BCUT2D eigenvalue weighted by molar-refractivity contribution is -0.0487. The summed E-state index contributed by atoms with van der Waals surface area (Å²) in [6, 6.07) is 8.02. The molecule has 2 aromatic heterocycles. The average molecular weight is 406 g/mol. The average Bonchev–Trinajstić information content (AvgIpc) is 3.10. The van der Waals surface area contributed by atoms with Crippen LogP contribution < -0.4 is 5.73 Å². The number of rotatable bonds is 9. The van der Waals surface area contributed by atoms with Crippen LogP contribution in [0.25, 0.3) is 21.9 Å². The monoisotopic (exact) mass is 405 g/mol. The fraction of sp³-hybridized carbons (Fsp3) is 0.474. The summed E-state index contributed by atoms with van der Waals surface area (Å²) in [5.74, 6) is 0.112. The van der Waals surface area contributed by atoms with E-state index in [1.54, 1.807) is 0 Å². The Morgan fingerprint density at radius 3 is 2.71 bits per heavy atom. The van der Waals surface area contributed by atoms with E-state index in [1.165, 1.54) is 7.11 Å². The van der Waals surface area contributed by atoms with E-state index in [1.807, 2.05) is 24.5 Å². The largest absolute Gasteiger partial charge is 0.330 e. The summed E-state index contributed by atoms with van der Waals surface area (Å²) < 4.78 is 26.3. The van der Waals surface area contributed by atoms with Crippen molar-refractivity contribution in [1.82, 2.24) is 19.0 Å². The van der Waals surface area contributed by atoms with Gasteiger partial charge in [-0.1, -0.05) is 29.6 Å². The summed E-state index contributed by atoms with van der Waals surface area (Å²) in [6.07, 6.45) is 4.43. The van der Waals surface area contributed by atoms with Crippen LogP contribution in [0.1, 0.15) is 31.4 Å². The maximum absolute atomic E-state index is 11.6. The van der Waals surface area contributed by atoms with Crippen molar-refractivity contribution < 1.29 is 13.3 Å². The van der Waals surface area contributed by atoms with Crippen LogP contribution >= 0.6 is 0 Å². The molecule has 0 fully saturated rings. The molecule has 3 aromatic rings. The van der Waals surface area contributed by atoms with Crippen LogP contribution in [0.2, 0.25) is 0 Å². The summed E-state index contributed by atoms with van der Waals surface area (Å²) >= 11 is 0. The molecule has 2 heterocycles. The highest BCUT2D eigenvalue weighted by Crippen LogP contribution is 2.29. The third-order valence-corrected chi connectivity index (χ3v) is 5.94. The lowest BCUT2D eigenvalue weighted by atomic mass is 10.0. The van der Waals surface area contributed by atoms with E-state index < -0.39 is 10.0 Å². The lowest BCUT2D eigenvalue weighted by Crippen LogP contribution is -2.30. The molecular formula is C19H27N5O3S. The number of nitrogens with two attached hydrogens (primary N) is 1. The quantitative estimate of drug-likeness (QED) is 0.433. The molecule has 0 aliphatic heterocycles. The normalized spacial score (nSPS) is 13.6. The Hall–Kier alpha value is -2.07. The maximum Gasteiger partial charge on any atom is 0.233 e. The first-order valence-corrected chi connectivity index (χ1v) is 11.2. The third-order valence-electron chi connectivity index (χ3n) is 4.86. The number of nitrogens with zero attached hydrogens (tertiary/aromatic N) is 4. The van der Waals surface area contributed by atoms with Crippen molar-refractivity contribution in [3.05, 3.63) is 36.3 Å². The van der Waals surface area contributed by atoms with E-state index in [0.717, 1.165) is 51.3 Å². The molecule has 0 aliphatic rings. The third kappa shape index (κ3) is 4.17. The van der Waals surface area contributed by atoms with Crippen molar-refractivity contribution in [3.8, 4) is 0 Å². The number of para-hydroxylation sites is 1. The van der Waals surface area contributed by atoms with Crippen LogP contribution in [-0.2, 0) is 21.4 Å². The molecule has 0 aliphatic carbocycles. The molecule has 0 radical (unpaired) electrons. The number of fused-ring (bicyclic) bond motifs is 3. The number of hydrogen-bond donors (Lipinski definition) is 1. The van der Waals surface area contributed by atoms with Gasteiger partial charge in [0.2, 0.25) is 10.0 Å². The topological polar surface area (TPSA) is 103 Å². The SMILES string of the molecule is CON(CCCCn1cnc2c(C(C)CN)nc3ccccc3c21)S(C)(=O)=O. The standard InChI is InChI=1S/C19H27N5O3S/c1-14(12-20)17-18-19(15-8-4-5-9-16(15)22-17)23(13-21-18)10-6-7-11-24(27-2)28(3,25)26/h4-5,8-9,13-14H,6-7,10-12,20H2,1-3H3. The fourth-order valence-corrected chi connectivity index (χ4v) is 4.08. The molecule has 3 rings (SSSR count). The number of unbranched alkanes of at least 4 members (excludes halogenated alkanes) is 1. The van der Waals surface area contributed by atoms with Crippen LogP contribution in [0.15, 0.2) is 30.6 Å². The van der Waals surface area contributed by atoms with Crippen molar-refractivity contribution >= 4 is 32.0 Å². The van der Waals surface area contributed by atoms with Gasteiger partial charge >= 0.3 is 0 Å². The van der Waals surface area contributed by atoms with Crippen LogP contribution in [0, 0.1) is 0 Å². The van der Waals surface area contributed by atoms with Crippen molar-refractivity contribution in [2.45, 2.75) is 32.2 Å². The van der Waals surface area contributed by atoms with Gasteiger partial charge in [-0.05, 0) is 18.9 Å². The second-order valence-corrected chi connectivity index (χ2v) is 8.84. The van der Waals surface area contributed by atoms with Gasteiger partial charge in [-0.2, -0.15) is 0 Å². The van der Waals surface area contributed by atoms with Gasteiger partial charge < -0.3 is 10.3 Å². The molecule has 8 nitrogen and oxygen atoms in total. The number of hydrogen-bond acceptors (Lipinski definition) is 6. The Morgan fingerprint density at radius 2 is 2.04 bits per heavy atom. The Morgan fingerprint density at radius 1 is 1.29 bits per heavy atom. The number of imidazole rings is 1. The lowest BCUT2D eigenvalue weighted by Gasteiger charge is -2.16. The second-order valence-electron chi connectivity index (χ2n) is 6.97. The molecule has 1 unspecified atom stereocenters. The van der Waals surface area contributed by atoms with E-state index in [4.69, 9.17) is 15.6 Å². The van der Waals surface area contributed by atoms with Gasteiger partial charge in [0.25, 0.3) is 0 Å². The summed E-state index contributed by atoms with van der Waals surface area (Å²) in [5, 5.41) is 1.05. The van der Waals surface area contributed by atoms with E-state index in [2.05, 4.69) is 22.5 Å². The Bertz CT molecular complexity index is 1060. The molecule has 1 atom stereocenters. The zero-order chi connectivity index (χ0) is 20.3. The fourth-order valence-electron chi connectivity index (χ4n) is 3.35. The van der Waals surface area contributed by atoms with Crippen molar-refractivity contribution in [1.29, 1.82) is 0 Å². The van der Waals surface area contributed by atoms with Gasteiger partial charge in [-0.25, -0.2) is 13.4 Å². The predicted molar refractivity (Wildman–Crippen MR) is 110 cm³/mol. The van der Waals surface area contributed by atoms with E-state index in [9.17, 15) is 8.42 Å². The first kappa shape index (κ1) is 20.7. The summed E-state index contributed by atoms with van der Waals surface area (Å²) in [6.45, 7) is 3.60. The summed E-state index contributed by atoms with van der Waals surface area (Å²) in [4.78, 5) is 14.4. The van der Waals surface area contributed by atoms with Gasteiger partial charge in [-0.3, -0.25) is 9.82 Å². The second kappa shape index (κ2) is 8.52. The molecule has 1 aromatic carbocycles. The van der Waals surface area contributed by atoms with Gasteiger partial charge in [-0.15, -0.1) is 0 Å². The van der Waals surface area contributed by atoms with Crippen LogP contribution in [-0.4, -0.2) is 53.9 Å². The van der Waals surface area contributed by atoms with E-state index in [0.29, 0.717) is 19.5 Å². The first-order chi connectivity index (χ1) is 13.4. The van der Waals surface area contributed by atoms with E-state index >= 15 is 0 Å². The number of hydroxylamine groups is 1. The minimum absolute atomic E-state index is 0.112. The Labute approximate surface area is 165 Å². The Kier molecular flexibility index (Phi) is 6.29. The van der Waals surface area contributed by atoms with Crippen LogP contribution in [0.5, 0.6) is 0 Å². The van der Waals surface area contributed by atoms with Crippen molar-refractivity contribution in [3.63, 3.8) is 0 Å². The smallest absolute Gasteiger partial charge is 0.233 e. The highest BCUT2D eigenvalue weighted by molar-refractivity contribution is 7.88. The van der Waals surface area contributed by atoms with Gasteiger partial charge in [0.05, 0.1) is 36.4 Å². The molecule has 0 spiro atoms. The minimum atomic E-state index is -3.36. The highest BCUT2D eigenvalue weighted by atomic mass is 32.2. The van der Waals surface area contributed by atoms with Crippen LogP contribution in [0.3, 0.4) is 0 Å². The molecule has 28 heavy (non-hydrogen) atoms. The van der Waals surface area contributed by atoms with Crippen LogP contribution in [0.4, 0.5) is 0 Å². The number of benzene rings is 1. The Balaban J connectivity index is 1.87. The van der Waals surface area contributed by atoms with Crippen molar-refractivity contribution in [2.75, 3.05) is 26.5 Å². The van der Waals surface area contributed by atoms with Crippen molar-refractivity contribution in [2.24, 2.45) is 5.73 Å². The molecule has 2 N–H and O–H groups in total. The highest BCUT2D eigenvalue weighted by Gasteiger charge is 2.18. The first-order valence-electron chi connectivity index (χ1n) is 9.32. The molecule has 9 heteroatoms. The number of aromatic nitrogens is 3. The minimum Gasteiger partial charge on any atom is -0.330 e. The zero-order valence-corrected chi connectivity index (χ0v) is 17.3. The molecule has 0 saturated carbocycles. The molecular weight excluding hydrogens is 378 g/mol. The van der Waals surface area contributed by atoms with Gasteiger partial charge in [0.15, 0.2) is 0 Å². The summed E-state index contributed by atoms with van der Waals surface area (Å²) in [7, 11) is -1.99. The summed E-state index contributed by atoms with van der Waals surface area (Å²) in [5.41, 5.74) is 9.65. The number of aryl methyl sites for hydroxylation is 1. The number of pyridine rings is 1.